The van der Waals surface area contributed by atoms with E-state index in [4.69, 9.17) is 5.73 Å². The van der Waals surface area contributed by atoms with Crippen LogP contribution in [-0.2, 0) is 11.8 Å². The number of nitrogens with zero attached hydrogens (tertiary/aromatic N) is 4. The molecule has 1 aliphatic rings. The maximum absolute atomic E-state index is 12.0. The van der Waals surface area contributed by atoms with Crippen LogP contribution in [0.15, 0.2) is 6.33 Å². The molecule has 0 aromatic carbocycles. The number of likely N-dealkylation sites (tertiary alicyclic amines) is 1. The minimum absolute atomic E-state index is 0.0762. The van der Waals surface area contributed by atoms with E-state index in [1.165, 1.54) is 0 Å². The lowest BCUT2D eigenvalue weighted by atomic mass is 9.96. The number of aromatic nitrogens is 3. The Labute approximate surface area is 107 Å². The molecule has 2 N–H and O–H groups in total. The lowest BCUT2D eigenvalue weighted by Gasteiger charge is -2.32. The molecule has 0 aliphatic carbocycles. The number of hydrogen-bond acceptors (Lipinski definition) is 4. The van der Waals surface area contributed by atoms with Crippen molar-refractivity contribution in [2.24, 2.45) is 12.8 Å². The van der Waals surface area contributed by atoms with E-state index in [-0.39, 0.29) is 11.9 Å². The number of carbonyl (C=O) groups excluding carboxylic acids is 1. The van der Waals surface area contributed by atoms with Crippen molar-refractivity contribution in [3.8, 4) is 0 Å². The Morgan fingerprint density at radius 1 is 1.67 bits per heavy atom. The monoisotopic (exact) mass is 251 g/mol. The predicted octanol–water partition coefficient (Wildman–Crippen LogP) is 0.258. The Morgan fingerprint density at radius 2 is 2.44 bits per heavy atom. The molecule has 0 saturated carbocycles. The van der Waals surface area contributed by atoms with Crippen molar-refractivity contribution in [3.63, 3.8) is 0 Å². The van der Waals surface area contributed by atoms with Crippen molar-refractivity contribution >= 4 is 5.91 Å². The molecule has 6 nitrogen and oxygen atoms in total. The molecule has 2 atom stereocenters. The van der Waals surface area contributed by atoms with Crippen molar-refractivity contribution < 1.29 is 4.79 Å². The van der Waals surface area contributed by atoms with Crippen LogP contribution in [0, 0.1) is 0 Å². The third-order valence-corrected chi connectivity index (χ3v) is 3.38. The van der Waals surface area contributed by atoms with E-state index < -0.39 is 0 Å². The molecule has 1 saturated heterocycles. The topological polar surface area (TPSA) is 77.0 Å². The molecule has 1 aliphatic heterocycles. The van der Waals surface area contributed by atoms with Crippen molar-refractivity contribution in [2.75, 3.05) is 13.1 Å². The quantitative estimate of drug-likeness (QED) is 0.836. The first-order chi connectivity index (χ1) is 8.58. The molecule has 2 unspecified atom stereocenters. The molecular weight excluding hydrogens is 230 g/mol. The van der Waals surface area contributed by atoms with Gasteiger partial charge in [-0.25, -0.2) is 0 Å². The highest BCUT2D eigenvalue weighted by Gasteiger charge is 2.27. The highest BCUT2D eigenvalue weighted by atomic mass is 16.2. The molecule has 0 bridgehead atoms. The van der Waals surface area contributed by atoms with Gasteiger partial charge in [0.25, 0.3) is 0 Å². The average molecular weight is 251 g/mol. The highest BCUT2D eigenvalue weighted by Crippen LogP contribution is 2.25. The summed E-state index contributed by atoms with van der Waals surface area (Å²) in [6, 6.07) is -0.0762. The first kappa shape index (κ1) is 13.0. The Bertz CT molecular complexity index is 414. The lowest BCUT2D eigenvalue weighted by Crippen LogP contribution is -2.41. The van der Waals surface area contributed by atoms with E-state index in [9.17, 15) is 4.79 Å². The summed E-state index contributed by atoms with van der Waals surface area (Å²) in [5.74, 6) is 1.41. The summed E-state index contributed by atoms with van der Waals surface area (Å²) in [5.41, 5.74) is 5.68. The van der Waals surface area contributed by atoms with Gasteiger partial charge in [0.15, 0.2) is 0 Å². The molecule has 1 aromatic rings. The summed E-state index contributed by atoms with van der Waals surface area (Å²) >= 11 is 0. The van der Waals surface area contributed by atoms with Gasteiger partial charge in [-0.3, -0.25) is 4.79 Å². The number of aryl methyl sites for hydroxylation is 1. The zero-order valence-corrected chi connectivity index (χ0v) is 11.0. The molecule has 100 valence electrons. The van der Waals surface area contributed by atoms with Gasteiger partial charge in [-0.15, -0.1) is 10.2 Å². The first-order valence-electron chi connectivity index (χ1n) is 6.45. The van der Waals surface area contributed by atoms with E-state index in [2.05, 4.69) is 10.2 Å². The molecule has 18 heavy (non-hydrogen) atoms. The third-order valence-electron chi connectivity index (χ3n) is 3.38. The minimum Gasteiger partial charge on any atom is -0.342 e. The van der Waals surface area contributed by atoms with Gasteiger partial charge in [0.2, 0.25) is 5.91 Å². The molecule has 0 spiro atoms. The summed E-state index contributed by atoms with van der Waals surface area (Å²) in [7, 11) is 1.94. The van der Waals surface area contributed by atoms with Crippen LogP contribution in [0.5, 0.6) is 0 Å². The number of carbonyl (C=O) groups is 1. The Balaban J connectivity index is 2.01. The summed E-state index contributed by atoms with van der Waals surface area (Å²) in [5, 5.41) is 8.05. The van der Waals surface area contributed by atoms with Crippen LogP contribution in [0.2, 0.25) is 0 Å². The number of piperidine rings is 1. The molecule has 2 heterocycles. The fraction of sp³-hybridized carbons (Fsp3) is 0.750. The number of amides is 1. The smallest absolute Gasteiger partial charge is 0.224 e. The molecule has 1 amide bonds. The van der Waals surface area contributed by atoms with Crippen molar-refractivity contribution in [1.29, 1.82) is 0 Å². The van der Waals surface area contributed by atoms with Crippen LogP contribution < -0.4 is 5.73 Å². The molecular formula is C12H21N5O. The van der Waals surface area contributed by atoms with Gasteiger partial charge in [-0.2, -0.15) is 0 Å². The summed E-state index contributed by atoms with van der Waals surface area (Å²) in [6.07, 6.45) is 4.21. The summed E-state index contributed by atoms with van der Waals surface area (Å²) < 4.78 is 1.93. The van der Waals surface area contributed by atoms with Gasteiger partial charge in [-0.1, -0.05) is 0 Å². The minimum atomic E-state index is -0.0762. The van der Waals surface area contributed by atoms with Gasteiger partial charge >= 0.3 is 0 Å². The van der Waals surface area contributed by atoms with Crippen LogP contribution in [-0.4, -0.2) is 44.7 Å². The van der Waals surface area contributed by atoms with Crippen molar-refractivity contribution in [3.05, 3.63) is 12.2 Å². The average Bonchev–Trinajstić information content (AvgIpc) is 2.75. The highest BCUT2D eigenvalue weighted by molar-refractivity contribution is 5.76. The lowest BCUT2D eigenvalue weighted by molar-refractivity contribution is -0.132. The molecule has 2 rings (SSSR count). The zero-order valence-electron chi connectivity index (χ0n) is 11.0. The predicted molar refractivity (Wildman–Crippen MR) is 67.8 cm³/mol. The second kappa shape index (κ2) is 5.48. The van der Waals surface area contributed by atoms with Gasteiger partial charge in [0, 0.05) is 38.5 Å². The van der Waals surface area contributed by atoms with Crippen molar-refractivity contribution in [1.82, 2.24) is 19.7 Å². The Morgan fingerprint density at radius 3 is 3.06 bits per heavy atom. The number of hydrogen-bond donors (Lipinski definition) is 1. The molecule has 1 aromatic heterocycles. The van der Waals surface area contributed by atoms with Gasteiger partial charge in [0.1, 0.15) is 12.2 Å². The fourth-order valence-electron chi connectivity index (χ4n) is 2.48. The molecule has 6 heteroatoms. The summed E-state index contributed by atoms with van der Waals surface area (Å²) in [6.45, 7) is 3.43. The summed E-state index contributed by atoms with van der Waals surface area (Å²) in [4.78, 5) is 13.9. The largest absolute Gasteiger partial charge is 0.342 e. The molecule has 1 fully saturated rings. The van der Waals surface area contributed by atoms with E-state index >= 15 is 0 Å². The molecule has 0 radical (unpaired) electrons. The van der Waals surface area contributed by atoms with Crippen LogP contribution in [0.3, 0.4) is 0 Å². The third kappa shape index (κ3) is 2.87. The SMILES string of the molecule is CC(N)CC(=O)N1CCCC(c2nncn2C)C1. The normalized spacial score (nSPS) is 21.9. The maximum atomic E-state index is 12.0. The van der Waals surface area contributed by atoms with Crippen LogP contribution >= 0.6 is 0 Å². The second-order valence-corrected chi connectivity index (χ2v) is 5.16. The Kier molecular flexibility index (Phi) is 3.96. The fourth-order valence-corrected chi connectivity index (χ4v) is 2.48. The van der Waals surface area contributed by atoms with Gasteiger partial charge < -0.3 is 15.2 Å². The Hall–Kier alpha value is -1.43. The number of nitrogens with two attached hydrogens (primary N) is 1. The van der Waals surface area contributed by atoms with Crippen LogP contribution in [0.1, 0.15) is 37.9 Å². The van der Waals surface area contributed by atoms with Crippen molar-refractivity contribution in [2.45, 2.75) is 38.1 Å². The second-order valence-electron chi connectivity index (χ2n) is 5.16. The first-order valence-corrected chi connectivity index (χ1v) is 6.45. The number of rotatable bonds is 3. The van der Waals surface area contributed by atoms with E-state index in [0.717, 1.165) is 31.8 Å². The van der Waals surface area contributed by atoms with E-state index in [1.807, 2.05) is 23.4 Å². The zero-order chi connectivity index (χ0) is 13.1. The van der Waals surface area contributed by atoms with Gasteiger partial charge in [0.05, 0.1) is 0 Å². The van der Waals surface area contributed by atoms with Crippen LogP contribution in [0.4, 0.5) is 0 Å². The standard InChI is InChI=1S/C12H21N5O/c1-9(13)6-11(18)17-5-3-4-10(7-17)12-15-14-8-16(12)2/h8-10H,3-7,13H2,1-2H3. The maximum Gasteiger partial charge on any atom is 0.224 e. The van der Waals surface area contributed by atoms with Gasteiger partial charge in [-0.05, 0) is 19.8 Å². The van der Waals surface area contributed by atoms with E-state index in [1.54, 1.807) is 6.33 Å². The van der Waals surface area contributed by atoms with E-state index in [0.29, 0.717) is 12.3 Å². The van der Waals surface area contributed by atoms with Crippen LogP contribution in [0.25, 0.3) is 0 Å².